The van der Waals surface area contributed by atoms with Crippen molar-refractivity contribution in [3.63, 3.8) is 0 Å². The first-order valence-corrected chi connectivity index (χ1v) is 6.23. The van der Waals surface area contributed by atoms with Gasteiger partial charge in [0.05, 0.1) is 16.7 Å². The van der Waals surface area contributed by atoms with Crippen molar-refractivity contribution in [3.05, 3.63) is 62.0 Å². The lowest BCUT2D eigenvalue weighted by atomic mass is 10.3. The van der Waals surface area contributed by atoms with Crippen LogP contribution in [-0.2, 0) is 6.18 Å². The lowest BCUT2D eigenvalue weighted by molar-refractivity contribution is -0.141. The maximum Gasteiger partial charge on any atom is 0.431 e. The Bertz CT molecular complexity index is 955. The molecule has 0 fully saturated rings. The van der Waals surface area contributed by atoms with Crippen molar-refractivity contribution in [2.24, 2.45) is 0 Å². The zero-order valence-electron chi connectivity index (χ0n) is 10.6. The van der Waals surface area contributed by atoms with E-state index < -0.39 is 23.1 Å². The van der Waals surface area contributed by atoms with E-state index in [9.17, 15) is 22.8 Å². The molecule has 0 aliphatic rings. The number of aromatic nitrogens is 4. The molecular formula is C12H6ClF3N4O2. The second kappa shape index (κ2) is 4.73. The lowest BCUT2D eigenvalue weighted by Gasteiger charge is -2.09. The third kappa shape index (κ3) is 2.19. The standard InChI is InChI=1S/C12H6ClF3N4O2/c13-7-2-1-3-8-6(7)5-17-20(8)19-10(21)4-9(12(14,15)16)18-11(19)22/h1-5H,(H,18,22). The molecule has 3 rings (SSSR count). The molecule has 114 valence electrons. The summed E-state index contributed by atoms with van der Waals surface area (Å²) in [5.41, 5.74) is -3.54. The summed E-state index contributed by atoms with van der Waals surface area (Å²) in [7, 11) is 0. The van der Waals surface area contributed by atoms with E-state index >= 15 is 0 Å². The predicted molar refractivity (Wildman–Crippen MR) is 71.9 cm³/mol. The van der Waals surface area contributed by atoms with E-state index in [0.29, 0.717) is 26.7 Å². The van der Waals surface area contributed by atoms with Gasteiger partial charge in [0.2, 0.25) is 0 Å². The van der Waals surface area contributed by atoms with Gasteiger partial charge in [-0.2, -0.15) is 23.1 Å². The Hall–Kier alpha value is -2.55. The maximum atomic E-state index is 12.6. The fourth-order valence-corrected chi connectivity index (χ4v) is 2.20. The molecule has 6 nitrogen and oxygen atoms in total. The lowest BCUT2D eigenvalue weighted by Crippen LogP contribution is -2.41. The molecule has 0 saturated carbocycles. The van der Waals surface area contributed by atoms with E-state index in [1.54, 1.807) is 17.1 Å². The van der Waals surface area contributed by atoms with Crippen LogP contribution >= 0.6 is 11.6 Å². The minimum Gasteiger partial charge on any atom is -0.301 e. The Morgan fingerprint density at radius 3 is 2.59 bits per heavy atom. The molecule has 22 heavy (non-hydrogen) atoms. The molecule has 2 aromatic heterocycles. The van der Waals surface area contributed by atoms with E-state index in [1.165, 1.54) is 12.3 Å². The highest BCUT2D eigenvalue weighted by molar-refractivity contribution is 6.35. The maximum absolute atomic E-state index is 12.6. The molecular weight excluding hydrogens is 325 g/mol. The number of hydrogen-bond acceptors (Lipinski definition) is 3. The smallest absolute Gasteiger partial charge is 0.301 e. The molecule has 2 heterocycles. The van der Waals surface area contributed by atoms with Gasteiger partial charge in [-0.25, -0.2) is 4.79 Å². The van der Waals surface area contributed by atoms with Crippen molar-refractivity contribution in [3.8, 4) is 0 Å². The fourth-order valence-electron chi connectivity index (χ4n) is 1.98. The summed E-state index contributed by atoms with van der Waals surface area (Å²) in [5, 5.41) is 4.62. The van der Waals surface area contributed by atoms with E-state index in [4.69, 9.17) is 11.6 Å². The van der Waals surface area contributed by atoms with Gasteiger partial charge in [-0.05, 0) is 12.1 Å². The number of hydrogen-bond donors (Lipinski definition) is 1. The van der Waals surface area contributed by atoms with Gasteiger partial charge in [0.25, 0.3) is 5.56 Å². The minimum absolute atomic E-state index is 0.291. The monoisotopic (exact) mass is 330 g/mol. The van der Waals surface area contributed by atoms with Crippen LogP contribution < -0.4 is 11.2 Å². The number of rotatable bonds is 1. The quantitative estimate of drug-likeness (QED) is 0.740. The predicted octanol–water partition coefficient (Wildman–Crippen LogP) is 1.87. The van der Waals surface area contributed by atoms with Gasteiger partial charge in [-0.1, -0.05) is 17.7 Å². The Kier molecular flexibility index (Phi) is 3.10. The molecule has 3 aromatic rings. The van der Waals surface area contributed by atoms with E-state index in [0.717, 1.165) is 4.79 Å². The largest absolute Gasteiger partial charge is 0.431 e. The molecule has 0 spiro atoms. The van der Waals surface area contributed by atoms with Crippen LogP contribution in [0.5, 0.6) is 0 Å². The number of nitrogens with zero attached hydrogens (tertiary/aromatic N) is 3. The zero-order valence-corrected chi connectivity index (χ0v) is 11.3. The Labute approximate surface area is 124 Å². The second-order valence-corrected chi connectivity index (χ2v) is 4.75. The summed E-state index contributed by atoms with van der Waals surface area (Å²) in [6.45, 7) is 0. The van der Waals surface area contributed by atoms with Crippen LogP contribution in [0.3, 0.4) is 0 Å². The van der Waals surface area contributed by atoms with Crippen LogP contribution in [0.15, 0.2) is 40.1 Å². The molecule has 0 bridgehead atoms. The number of alkyl halides is 3. The molecule has 0 aliphatic carbocycles. The average molecular weight is 331 g/mol. The number of fused-ring (bicyclic) bond motifs is 1. The van der Waals surface area contributed by atoms with Gasteiger partial charge in [0.1, 0.15) is 5.69 Å². The van der Waals surface area contributed by atoms with Crippen molar-refractivity contribution in [1.29, 1.82) is 0 Å². The molecule has 10 heteroatoms. The van der Waals surface area contributed by atoms with Gasteiger partial charge >= 0.3 is 11.9 Å². The van der Waals surface area contributed by atoms with Crippen molar-refractivity contribution in [1.82, 2.24) is 19.5 Å². The number of halogens is 4. The van der Waals surface area contributed by atoms with Crippen LogP contribution in [0.25, 0.3) is 10.9 Å². The first-order valence-electron chi connectivity index (χ1n) is 5.85. The normalized spacial score (nSPS) is 12.0. The van der Waals surface area contributed by atoms with Crippen molar-refractivity contribution >= 4 is 22.5 Å². The van der Waals surface area contributed by atoms with Gasteiger partial charge in [0, 0.05) is 11.5 Å². The topological polar surface area (TPSA) is 72.7 Å². The molecule has 0 aliphatic heterocycles. The Balaban J connectivity index is 2.31. The van der Waals surface area contributed by atoms with Crippen molar-refractivity contribution in [2.75, 3.05) is 0 Å². The van der Waals surface area contributed by atoms with Gasteiger partial charge in [0.15, 0.2) is 0 Å². The molecule has 0 unspecified atom stereocenters. The second-order valence-electron chi connectivity index (χ2n) is 4.34. The summed E-state index contributed by atoms with van der Waals surface area (Å²) in [6, 6.07) is 4.96. The van der Waals surface area contributed by atoms with E-state index in [-0.39, 0.29) is 0 Å². The third-order valence-corrected chi connectivity index (χ3v) is 3.28. The molecule has 0 radical (unpaired) electrons. The fraction of sp³-hybridized carbons (Fsp3) is 0.0833. The van der Waals surface area contributed by atoms with Crippen molar-refractivity contribution < 1.29 is 13.2 Å². The summed E-state index contributed by atoms with van der Waals surface area (Å²) in [6.07, 6.45) is -3.52. The van der Waals surface area contributed by atoms with Crippen molar-refractivity contribution in [2.45, 2.75) is 6.18 Å². The third-order valence-electron chi connectivity index (χ3n) is 2.95. The SMILES string of the molecule is O=c1cc(C(F)(F)F)[nH]c(=O)n1-n1ncc2c(Cl)cccc21. The first kappa shape index (κ1) is 14.4. The van der Waals surface area contributed by atoms with E-state index in [1.807, 2.05) is 0 Å². The van der Waals surface area contributed by atoms with Gasteiger partial charge < -0.3 is 4.98 Å². The molecule has 0 saturated heterocycles. The molecule has 1 aromatic carbocycles. The van der Waals surface area contributed by atoms with Crippen LogP contribution in [-0.4, -0.2) is 19.5 Å². The molecule has 0 amide bonds. The first-order chi connectivity index (χ1) is 10.3. The summed E-state index contributed by atoms with van der Waals surface area (Å²) < 4.78 is 38.2. The minimum atomic E-state index is -4.83. The van der Waals surface area contributed by atoms with E-state index in [2.05, 4.69) is 5.10 Å². The molecule has 1 N–H and O–H groups in total. The highest BCUT2D eigenvalue weighted by Crippen LogP contribution is 2.25. The zero-order chi connectivity index (χ0) is 16.1. The Morgan fingerprint density at radius 2 is 1.95 bits per heavy atom. The number of H-pyrrole nitrogens is 1. The summed E-state index contributed by atoms with van der Waals surface area (Å²) >= 11 is 5.95. The van der Waals surface area contributed by atoms with Gasteiger partial charge in [-0.3, -0.25) is 4.79 Å². The number of aromatic amines is 1. The average Bonchev–Trinajstić information content (AvgIpc) is 2.82. The highest BCUT2D eigenvalue weighted by Gasteiger charge is 2.33. The van der Waals surface area contributed by atoms with Crippen LogP contribution in [0.1, 0.15) is 5.69 Å². The van der Waals surface area contributed by atoms with Crippen LogP contribution in [0.2, 0.25) is 5.02 Å². The highest BCUT2D eigenvalue weighted by atomic mass is 35.5. The summed E-state index contributed by atoms with van der Waals surface area (Å²) in [4.78, 5) is 26.2. The van der Waals surface area contributed by atoms with Crippen LogP contribution in [0, 0.1) is 0 Å². The number of benzene rings is 1. The summed E-state index contributed by atoms with van der Waals surface area (Å²) in [5.74, 6) is 0. The molecule has 0 atom stereocenters. The van der Waals surface area contributed by atoms with Gasteiger partial charge in [-0.15, -0.1) is 4.68 Å². The number of nitrogens with one attached hydrogen (secondary N) is 1. The Morgan fingerprint density at radius 1 is 1.23 bits per heavy atom. The van der Waals surface area contributed by atoms with Crippen LogP contribution in [0.4, 0.5) is 13.2 Å².